The van der Waals surface area contributed by atoms with Crippen LogP contribution in [-0.2, 0) is 0 Å². The molecule has 0 radical (unpaired) electrons. The Kier molecular flexibility index (Phi) is 10.3. The molecule has 1 aromatic carbocycles. The van der Waals surface area contributed by atoms with Crippen molar-refractivity contribution >= 4 is 0 Å². The highest BCUT2D eigenvalue weighted by Crippen LogP contribution is 2.44. The van der Waals surface area contributed by atoms with E-state index in [1.54, 1.807) is 0 Å². The molecule has 1 aromatic rings. The smallest absolute Gasteiger partial charge is 0.194 e. The molecule has 2 saturated carbocycles. The number of benzene rings is 1. The molecule has 2 aliphatic carbocycles. The lowest BCUT2D eigenvalue weighted by atomic mass is 9.68. The van der Waals surface area contributed by atoms with Gasteiger partial charge >= 0.3 is 0 Å². The molecule has 0 amide bonds. The molecule has 0 nitrogen and oxygen atoms in total. The zero-order valence-corrected chi connectivity index (χ0v) is 19.6. The van der Waals surface area contributed by atoms with Crippen LogP contribution in [0.3, 0.4) is 0 Å². The summed E-state index contributed by atoms with van der Waals surface area (Å²) in [5.74, 6) is -0.704. The Morgan fingerprint density at radius 1 is 0.645 bits per heavy atom. The van der Waals surface area contributed by atoms with Crippen molar-refractivity contribution in [3.63, 3.8) is 0 Å². The van der Waals surface area contributed by atoms with Gasteiger partial charge in [-0.3, -0.25) is 0 Å². The van der Waals surface area contributed by atoms with Crippen LogP contribution in [0.1, 0.15) is 128 Å². The van der Waals surface area contributed by atoms with Crippen LogP contribution in [0, 0.1) is 35.2 Å². The summed E-state index contributed by atoms with van der Waals surface area (Å²) in [6.07, 6.45) is 22.5. The molecule has 2 aliphatic rings. The molecule has 0 aliphatic heterocycles. The molecule has 3 heteroatoms. The number of hydrogen-bond acceptors (Lipinski definition) is 0. The molecule has 0 N–H and O–H groups in total. The predicted octanol–water partition coefficient (Wildman–Crippen LogP) is 9.71. The predicted molar refractivity (Wildman–Crippen MR) is 124 cm³/mol. The molecule has 0 spiro atoms. The van der Waals surface area contributed by atoms with Crippen LogP contribution >= 0.6 is 0 Å². The second kappa shape index (κ2) is 12.9. The lowest BCUT2D eigenvalue weighted by Crippen LogP contribution is -2.25. The van der Waals surface area contributed by atoms with Gasteiger partial charge in [-0.1, -0.05) is 77.6 Å². The van der Waals surface area contributed by atoms with E-state index in [0.29, 0.717) is 5.56 Å². The van der Waals surface area contributed by atoms with Gasteiger partial charge in [0.15, 0.2) is 17.5 Å². The largest absolute Gasteiger partial charge is 0.204 e. The van der Waals surface area contributed by atoms with E-state index in [1.165, 1.54) is 95.6 Å². The van der Waals surface area contributed by atoms with E-state index in [2.05, 4.69) is 6.92 Å². The van der Waals surface area contributed by atoms with E-state index in [4.69, 9.17) is 0 Å². The Hall–Kier alpha value is -0.990. The Morgan fingerprint density at radius 2 is 1.13 bits per heavy atom. The molecule has 3 rings (SSSR count). The summed E-state index contributed by atoms with van der Waals surface area (Å²) >= 11 is 0. The van der Waals surface area contributed by atoms with Gasteiger partial charge in [-0.15, -0.1) is 0 Å². The van der Waals surface area contributed by atoms with Crippen LogP contribution in [-0.4, -0.2) is 0 Å². The maximum atomic E-state index is 13.6. The summed E-state index contributed by atoms with van der Waals surface area (Å²) in [5.41, 5.74) is 0.643. The minimum absolute atomic E-state index is 0.180. The summed E-state index contributed by atoms with van der Waals surface area (Å²) in [6.45, 7) is 2.28. The maximum Gasteiger partial charge on any atom is 0.194 e. The first-order valence-electron chi connectivity index (χ1n) is 13.2. The molecule has 176 valence electrons. The highest BCUT2D eigenvalue weighted by Gasteiger charge is 2.31. The average molecular weight is 437 g/mol. The van der Waals surface area contributed by atoms with Crippen molar-refractivity contribution in [2.75, 3.05) is 0 Å². The maximum absolute atomic E-state index is 13.6. The van der Waals surface area contributed by atoms with E-state index in [1.807, 2.05) is 0 Å². The van der Waals surface area contributed by atoms with Gasteiger partial charge in [-0.2, -0.15) is 0 Å². The molecule has 0 unspecified atom stereocenters. The second-order valence-corrected chi connectivity index (χ2v) is 10.5. The Morgan fingerprint density at radius 3 is 1.68 bits per heavy atom. The van der Waals surface area contributed by atoms with Crippen LogP contribution in [0.25, 0.3) is 0 Å². The third-order valence-electron chi connectivity index (χ3n) is 8.27. The van der Waals surface area contributed by atoms with Crippen LogP contribution < -0.4 is 0 Å². The van der Waals surface area contributed by atoms with Crippen molar-refractivity contribution in [1.29, 1.82) is 0 Å². The number of rotatable bonds is 11. The van der Waals surface area contributed by atoms with Crippen LogP contribution in [0.5, 0.6) is 0 Å². The van der Waals surface area contributed by atoms with E-state index in [9.17, 15) is 13.2 Å². The first kappa shape index (κ1) is 24.6. The lowest BCUT2D eigenvalue weighted by Gasteiger charge is -2.38. The minimum atomic E-state index is -1.35. The fourth-order valence-electron chi connectivity index (χ4n) is 6.25. The monoisotopic (exact) mass is 436 g/mol. The normalized spacial score (nSPS) is 26.8. The fraction of sp³-hybridized carbons (Fsp3) is 0.786. The average Bonchev–Trinajstić information content (AvgIpc) is 2.79. The molecule has 2 fully saturated rings. The molecular formula is C28H43F3. The van der Waals surface area contributed by atoms with Gasteiger partial charge in [0, 0.05) is 0 Å². The van der Waals surface area contributed by atoms with Crippen LogP contribution in [0.4, 0.5) is 13.2 Å². The third kappa shape index (κ3) is 7.53. The highest BCUT2D eigenvalue weighted by molar-refractivity contribution is 5.23. The van der Waals surface area contributed by atoms with Crippen LogP contribution in [0.15, 0.2) is 12.1 Å². The SMILES string of the molecule is CCCCCCCCCCC1CCC(C2CCC(c3cc(F)c(F)c(F)c3)CC2)CC1. The molecule has 31 heavy (non-hydrogen) atoms. The quantitative estimate of drug-likeness (QED) is 0.239. The summed E-state index contributed by atoms with van der Waals surface area (Å²) in [7, 11) is 0. The first-order chi connectivity index (χ1) is 15.1. The highest BCUT2D eigenvalue weighted by atomic mass is 19.2. The van der Waals surface area contributed by atoms with Crippen molar-refractivity contribution in [2.24, 2.45) is 17.8 Å². The van der Waals surface area contributed by atoms with Gasteiger partial charge in [0.25, 0.3) is 0 Å². The summed E-state index contributed by atoms with van der Waals surface area (Å²) in [5, 5.41) is 0. The second-order valence-electron chi connectivity index (χ2n) is 10.5. The van der Waals surface area contributed by atoms with Gasteiger partial charge in [-0.25, -0.2) is 13.2 Å². The van der Waals surface area contributed by atoms with Gasteiger partial charge in [0.2, 0.25) is 0 Å². The van der Waals surface area contributed by atoms with Gasteiger partial charge < -0.3 is 0 Å². The molecule has 0 bridgehead atoms. The number of halogens is 3. The zero-order valence-electron chi connectivity index (χ0n) is 19.6. The molecule has 0 heterocycles. The molecule has 0 aromatic heterocycles. The van der Waals surface area contributed by atoms with Gasteiger partial charge in [0.05, 0.1) is 0 Å². The first-order valence-corrected chi connectivity index (χ1v) is 13.2. The molecule has 0 atom stereocenters. The number of hydrogen-bond donors (Lipinski definition) is 0. The van der Waals surface area contributed by atoms with E-state index < -0.39 is 17.5 Å². The third-order valence-corrected chi connectivity index (χ3v) is 8.27. The van der Waals surface area contributed by atoms with Crippen molar-refractivity contribution < 1.29 is 13.2 Å². The fourth-order valence-corrected chi connectivity index (χ4v) is 6.25. The van der Waals surface area contributed by atoms with Gasteiger partial charge in [0.1, 0.15) is 0 Å². The number of unbranched alkanes of at least 4 members (excludes halogenated alkanes) is 7. The Labute approximate surface area is 188 Å². The molecular weight excluding hydrogens is 393 g/mol. The summed E-state index contributed by atoms with van der Waals surface area (Å²) < 4.78 is 40.4. The summed E-state index contributed by atoms with van der Waals surface area (Å²) in [6, 6.07) is 2.42. The van der Waals surface area contributed by atoms with E-state index in [-0.39, 0.29) is 5.92 Å². The van der Waals surface area contributed by atoms with Crippen LogP contribution in [0.2, 0.25) is 0 Å². The van der Waals surface area contributed by atoms with E-state index in [0.717, 1.165) is 43.4 Å². The van der Waals surface area contributed by atoms with Gasteiger partial charge in [-0.05, 0) is 79.9 Å². The van der Waals surface area contributed by atoms with Crippen molar-refractivity contribution in [1.82, 2.24) is 0 Å². The van der Waals surface area contributed by atoms with E-state index >= 15 is 0 Å². The minimum Gasteiger partial charge on any atom is -0.204 e. The van der Waals surface area contributed by atoms with Crippen molar-refractivity contribution in [3.05, 3.63) is 35.1 Å². The zero-order chi connectivity index (χ0) is 22.1. The standard InChI is InChI=1S/C28H43F3/c1-2-3-4-5-6-7-8-9-10-21-11-13-22(14-12-21)23-15-17-24(18-16-23)25-19-26(29)28(31)27(30)20-25/h19-24H,2-18H2,1H3. The Bertz CT molecular complexity index is 617. The topological polar surface area (TPSA) is 0 Å². The van der Waals surface area contributed by atoms with Crippen molar-refractivity contribution in [2.45, 2.75) is 122 Å². The Balaban J connectivity index is 1.30. The van der Waals surface area contributed by atoms with Crippen molar-refractivity contribution in [3.8, 4) is 0 Å². The molecule has 0 saturated heterocycles. The lowest BCUT2D eigenvalue weighted by molar-refractivity contribution is 0.155. The summed E-state index contributed by atoms with van der Waals surface area (Å²) in [4.78, 5) is 0.